The predicted molar refractivity (Wildman–Crippen MR) is 53.8 cm³/mol. The summed E-state index contributed by atoms with van der Waals surface area (Å²) in [6.07, 6.45) is 1.11. The molecule has 0 amide bonds. The Morgan fingerprint density at radius 2 is 2.14 bits per heavy atom. The van der Waals surface area contributed by atoms with Gasteiger partial charge in [0.2, 0.25) is 0 Å². The zero-order valence-electron chi connectivity index (χ0n) is 8.77. The normalized spacial score (nSPS) is 13.1. The fraction of sp³-hybridized carbons (Fsp3) is 0.778. The highest BCUT2D eigenvalue weighted by molar-refractivity contribution is 4.93. The maximum Gasteiger partial charge on any atom is 0.150 e. The molecule has 0 aromatic carbocycles. The van der Waals surface area contributed by atoms with Crippen LogP contribution in [0.25, 0.3) is 0 Å². The highest BCUT2D eigenvalue weighted by Gasteiger charge is 2.10. The summed E-state index contributed by atoms with van der Waals surface area (Å²) in [5.74, 6) is 1.74. The summed E-state index contributed by atoms with van der Waals surface area (Å²) in [6, 6.07) is 0. The first kappa shape index (κ1) is 11.1. The van der Waals surface area contributed by atoms with Crippen LogP contribution in [0, 0.1) is 0 Å². The van der Waals surface area contributed by atoms with Crippen molar-refractivity contribution >= 4 is 0 Å². The number of nitrogens with two attached hydrogens (primary N) is 1. The fourth-order valence-electron chi connectivity index (χ4n) is 1.26. The Hall–Kier alpha value is -0.940. The molecule has 0 saturated heterocycles. The topological polar surface area (TPSA) is 77.0 Å². The minimum absolute atomic E-state index is 0.254. The Balaban J connectivity index is 2.78. The van der Waals surface area contributed by atoms with E-state index in [4.69, 9.17) is 5.73 Å². The quantitative estimate of drug-likeness (QED) is 0.682. The SMILES string of the molecule is CCc1nc(CC)n(CC(O)CN)n1. The van der Waals surface area contributed by atoms with E-state index < -0.39 is 6.10 Å². The fourth-order valence-corrected chi connectivity index (χ4v) is 1.26. The molecule has 5 nitrogen and oxygen atoms in total. The lowest BCUT2D eigenvalue weighted by Crippen LogP contribution is -2.26. The summed E-state index contributed by atoms with van der Waals surface area (Å²) in [5, 5.41) is 13.7. The van der Waals surface area contributed by atoms with Crippen LogP contribution in [0.1, 0.15) is 25.5 Å². The van der Waals surface area contributed by atoms with Crippen LogP contribution in [0.3, 0.4) is 0 Å². The first-order chi connectivity index (χ1) is 6.71. The van der Waals surface area contributed by atoms with Crippen molar-refractivity contribution in [2.75, 3.05) is 6.54 Å². The Bertz CT molecular complexity index is 284. The monoisotopic (exact) mass is 198 g/mol. The molecule has 5 heteroatoms. The summed E-state index contributed by atoms with van der Waals surface area (Å²) in [6.45, 7) is 4.73. The van der Waals surface area contributed by atoms with Gasteiger partial charge in [0.15, 0.2) is 5.82 Å². The Kier molecular flexibility index (Phi) is 4.03. The molecule has 0 bridgehead atoms. The lowest BCUT2D eigenvalue weighted by atomic mass is 10.3. The lowest BCUT2D eigenvalue weighted by molar-refractivity contribution is 0.155. The van der Waals surface area contributed by atoms with E-state index in [9.17, 15) is 5.11 Å². The summed E-state index contributed by atoms with van der Waals surface area (Å²) >= 11 is 0. The molecule has 14 heavy (non-hydrogen) atoms. The van der Waals surface area contributed by atoms with Gasteiger partial charge < -0.3 is 10.8 Å². The smallest absolute Gasteiger partial charge is 0.150 e. The number of aliphatic hydroxyl groups excluding tert-OH is 1. The molecule has 0 saturated carbocycles. The maximum absolute atomic E-state index is 9.40. The Morgan fingerprint density at radius 3 is 2.64 bits per heavy atom. The summed E-state index contributed by atoms with van der Waals surface area (Å²) in [5.41, 5.74) is 5.34. The van der Waals surface area contributed by atoms with E-state index in [1.807, 2.05) is 13.8 Å². The molecule has 0 fully saturated rings. The predicted octanol–water partition coefficient (Wildman–Crippen LogP) is -0.277. The molecular formula is C9H18N4O. The van der Waals surface area contributed by atoms with E-state index >= 15 is 0 Å². The van der Waals surface area contributed by atoms with Crippen molar-refractivity contribution < 1.29 is 5.11 Å². The number of rotatable bonds is 5. The largest absolute Gasteiger partial charge is 0.390 e. The van der Waals surface area contributed by atoms with Gasteiger partial charge in [-0.2, -0.15) is 5.10 Å². The van der Waals surface area contributed by atoms with Gasteiger partial charge in [-0.25, -0.2) is 9.67 Å². The summed E-state index contributed by atoms with van der Waals surface area (Å²) in [4.78, 5) is 4.33. The van der Waals surface area contributed by atoms with Crippen LogP contribution in [-0.4, -0.2) is 32.5 Å². The standard InChI is InChI=1S/C9H18N4O/c1-3-8-11-9(4-2)13(12-8)6-7(14)5-10/h7,14H,3-6,10H2,1-2H3. The molecule has 1 atom stereocenters. The van der Waals surface area contributed by atoms with Crippen molar-refractivity contribution in [3.8, 4) is 0 Å². The number of aromatic nitrogens is 3. The van der Waals surface area contributed by atoms with Crippen LogP contribution in [0.2, 0.25) is 0 Å². The molecule has 0 aliphatic carbocycles. The molecule has 0 aliphatic heterocycles. The molecule has 80 valence electrons. The average Bonchev–Trinajstić information content (AvgIpc) is 2.60. The number of hydrogen-bond acceptors (Lipinski definition) is 4. The molecule has 1 aromatic heterocycles. The maximum atomic E-state index is 9.40. The van der Waals surface area contributed by atoms with Gasteiger partial charge >= 0.3 is 0 Å². The second-order valence-corrected chi connectivity index (χ2v) is 3.22. The number of hydrogen-bond donors (Lipinski definition) is 2. The highest BCUT2D eigenvalue weighted by atomic mass is 16.3. The molecule has 3 N–H and O–H groups in total. The minimum atomic E-state index is -0.535. The van der Waals surface area contributed by atoms with Crippen LogP contribution < -0.4 is 5.73 Å². The number of nitrogens with zero attached hydrogens (tertiary/aromatic N) is 3. The first-order valence-corrected chi connectivity index (χ1v) is 5.01. The van der Waals surface area contributed by atoms with E-state index in [0.717, 1.165) is 24.5 Å². The third kappa shape index (κ3) is 2.52. The van der Waals surface area contributed by atoms with Gasteiger partial charge in [-0.15, -0.1) is 0 Å². The van der Waals surface area contributed by atoms with Gasteiger partial charge in [0, 0.05) is 19.4 Å². The van der Waals surface area contributed by atoms with Crippen molar-refractivity contribution in [1.82, 2.24) is 14.8 Å². The molecular weight excluding hydrogens is 180 g/mol. The molecule has 1 rings (SSSR count). The van der Waals surface area contributed by atoms with Crippen LogP contribution in [0.15, 0.2) is 0 Å². The van der Waals surface area contributed by atoms with Crippen molar-refractivity contribution in [2.24, 2.45) is 5.73 Å². The average molecular weight is 198 g/mol. The van der Waals surface area contributed by atoms with Crippen molar-refractivity contribution in [3.63, 3.8) is 0 Å². The summed E-state index contributed by atoms with van der Waals surface area (Å²) < 4.78 is 1.75. The van der Waals surface area contributed by atoms with Gasteiger partial charge in [-0.3, -0.25) is 0 Å². The van der Waals surface area contributed by atoms with E-state index in [1.165, 1.54) is 0 Å². The zero-order valence-corrected chi connectivity index (χ0v) is 8.77. The van der Waals surface area contributed by atoms with Gasteiger partial charge in [0.05, 0.1) is 12.6 Å². The van der Waals surface area contributed by atoms with Gasteiger partial charge in [-0.1, -0.05) is 13.8 Å². The molecule has 1 unspecified atom stereocenters. The second-order valence-electron chi connectivity index (χ2n) is 3.22. The van der Waals surface area contributed by atoms with Crippen LogP contribution in [0.5, 0.6) is 0 Å². The number of aryl methyl sites for hydroxylation is 2. The zero-order chi connectivity index (χ0) is 10.6. The van der Waals surface area contributed by atoms with E-state index in [2.05, 4.69) is 10.1 Å². The van der Waals surface area contributed by atoms with Gasteiger partial charge in [0.25, 0.3) is 0 Å². The molecule has 0 aliphatic rings. The molecule has 1 heterocycles. The van der Waals surface area contributed by atoms with Crippen LogP contribution in [-0.2, 0) is 19.4 Å². The first-order valence-electron chi connectivity index (χ1n) is 5.01. The van der Waals surface area contributed by atoms with Gasteiger partial charge in [0.1, 0.15) is 5.82 Å². The lowest BCUT2D eigenvalue weighted by Gasteiger charge is -2.08. The van der Waals surface area contributed by atoms with Crippen LogP contribution >= 0.6 is 0 Å². The minimum Gasteiger partial charge on any atom is -0.390 e. The Labute approximate surface area is 83.9 Å². The summed E-state index contributed by atoms with van der Waals surface area (Å²) in [7, 11) is 0. The molecule has 1 aromatic rings. The highest BCUT2D eigenvalue weighted by Crippen LogP contribution is 2.01. The third-order valence-electron chi connectivity index (χ3n) is 2.08. The third-order valence-corrected chi connectivity index (χ3v) is 2.08. The van der Waals surface area contributed by atoms with E-state index in [-0.39, 0.29) is 6.54 Å². The second kappa shape index (κ2) is 5.07. The Morgan fingerprint density at radius 1 is 1.43 bits per heavy atom. The number of aliphatic hydroxyl groups is 1. The van der Waals surface area contributed by atoms with Crippen LogP contribution in [0.4, 0.5) is 0 Å². The molecule has 0 radical (unpaired) electrons. The van der Waals surface area contributed by atoms with Gasteiger partial charge in [-0.05, 0) is 0 Å². The van der Waals surface area contributed by atoms with E-state index in [1.54, 1.807) is 4.68 Å². The van der Waals surface area contributed by atoms with Crippen molar-refractivity contribution in [2.45, 2.75) is 39.3 Å². The van der Waals surface area contributed by atoms with Crippen molar-refractivity contribution in [3.05, 3.63) is 11.6 Å². The van der Waals surface area contributed by atoms with Crippen molar-refractivity contribution in [1.29, 1.82) is 0 Å². The molecule has 0 spiro atoms. The van der Waals surface area contributed by atoms with E-state index in [0.29, 0.717) is 6.54 Å².